The van der Waals surface area contributed by atoms with Crippen molar-refractivity contribution in [2.75, 3.05) is 7.05 Å². The number of hydrogen-bond donors (Lipinski definition) is 1. The molecular formula is C14H19N3S. The Kier molecular flexibility index (Phi) is 4.09. The molecule has 2 aromatic rings. The average Bonchev–Trinajstić information content (AvgIpc) is 2.70. The molecule has 0 saturated carbocycles. The summed E-state index contributed by atoms with van der Waals surface area (Å²) in [6.45, 7) is 6.34. The molecule has 0 aliphatic heterocycles. The van der Waals surface area contributed by atoms with Gasteiger partial charge in [0.15, 0.2) is 0 Å². The van der Waals surface area contributed by atoms with Crippen molar-refractivity contribution < 1.29 is 0 Å². The average molecular weight is 261 g/mol. The zero-order chi connectivity index (χ0) is 13.1. The third-order valence-corrected chi connectivity index (χ3v) is 4.34. The Labute approximate surface area is 112 Å². The number of hydrogen-bond acceptors (Lipinski definition) is 4. The molecule has 2 unspecified atom stereocenters. The van der Waals surface area contributed by atoms with Crippen LogP contribution in [0.3, 0.4) is 0 Å². The van der Waals surface area contributed by atoms with Crippen LogP contribution in [0.2, 0.25) is 0 Å². The van der Waals surface area contributed by atoms with Crippen LogP contribution in [-0.2, 0) is 0 Å². The molecule has 2 aromatic heterocycles. The first-order valence-electron chi connectivity index (χ1n) is 6.15. The second-order valence-electron chi connectivity index (χ2n) is 4.49. The zero-order valence-corrected chi connectivity index (χ0v) is 12.1. The Balaban J connectivity index is 2.32. The van der Waals surface area contributed by atoms with Crippen LogP contribution in [0.1, 0.15) is 40.2 Å². The molecule has 4 heteroatoms. The second-order valence-corrected chi connectivity index (χ2v) is 5.73. The monoisotopic (exact) mass is 261 g/mol. The molecule has 3 nitrogen and oxygen atoms in total. The van der Waals surface area contributed by atoms with E-state index in [1.165, 1.54) is 4.88 Å². The van der Waals surface area contributed by atoms with E-state index in [1.54, 1.807) is 11.3 Å². The van der Waals surface area contributed by atoms with E-state index < -0.39 is 0 Å². The minimum absolute atomic E-state index is 0.270. The van der Waals surface area contributed by atoms with Crippen LogP contribution in [0.15, 0.2) is 24.4 Å². The van der Waals surface area contributed by atoms with Gasteiger partial charge in [0, 0.05) is 22.7 Å². The predicted octanol–water partition coefficient (Wildman–Crippen LogP) is 3.22. The first-order valence-corrected chi connectivity index (χ1v) is 6.97. The highest BCUT2D eigenvalue weighted by Crippen LogP contribution is 2.34. The standard InChI is InChI=1S/C14H19N3S/c1-9(12-7-5-6-8-16-12)13(15-4)14-10(2)17-11(3)18-14/h5-9,13,15H,1-4H3. The summed E-state index contributed by atoms with van der Waals surface area (Å²) in [5, 5.41) is 4.52. The van der Waals surface area contributed by atoms with Gasteiger partial charge in [-0.15, -0.1) is 11.3 Å². The maximum absolute atomic E-state index is 4.51. The molecule has 0 fully saturated rings. The summed E-state index contributed by atoms with van der Waals surface area (Å²) in [6.07, 6.45) is 1.85. The molecule has 0 amide bonds. The molecule has 1 N–H and O–H groups in total. The van der Waals surface area contributed by atoms with Crippen LogP contribution >= 0.6 is 11.3 Å². The van der Waals surface area contributed by atoms with Crippen molar-refractivity contribution in [3.8, 4) is 0 Å². The molecule has 0 radical (unpaired) electrons. The van der Waals surface area contributed by atoms with Gasteiger partial charge in [-0.05, 0) is 33.0 Å². The largest absolute Gasteiger partial charge is 0.312 e. The molecule has 2 rings (SSSR count). The van der Waals surface area contributed by atoms with E-state index in [0.29, 0.717) is 5.92 Å². The summed E-state index contributed by atoms with van der Waals surface area (Å²) >= 11 is 1.77. The fourth-order valence-corrected chi connectivity index (χ4v) is 3.40. The molecule has 0 spiro atoms. The summed E-state index contributed by atoms with van der Waals surface area (Å²) in [6, 6.07) is 6.34. The van der Waals surface area contributed by atoms with Gasteiger partial charge < -0.3 is 5.32 Å². The molecule has 0 bridgehead atoms. The van der Waals surface area contributed by atoms with Crippen molar-refractivity contribution in [2.45, 2.75) is 32.7 Å². The number of thiazole rings is 1. The van der Waals surface area contributed by atoms with E-state index in [-0.39, 0.29) is 6.04 Å². The summed E-state index contributed by atoms with van der Waals surface area (Å²) in [5.41, 5.74) is 2.24. The van der Waals surface area contributed by atoms with Crippen LogP contribution in [0.25, 0.3) is 0 Å². The van der Waals surface area contributed by atoms with Crippen molar-refractivity contribution in [1.29, 1.82) is 0 Å². The number of nitrogens with zero attached hydrogens (tertiary/aromatic N) is 2. The quantitative estimate of drug-likeness (QED) is 0.918. The minimum Gasteiger partial charge on any atom is -0.312 e. The first kappa shape index (κ1) is 13.2. The van der Waals surface area contributed by atoms with Gasteiger partial charge in [-0.3, -0.25) is 4.98 Å². The Morgan fingerprint density at radius 1 is 1.28 bits per heavy atom. The van der Waals surface area contributed by atoms with Crippen LogP contribution in [0.4, 0.5) is 0 Å². The maximum Gasteiger partial charge on any atom is 0.0900 e. The lowest BCUT2D eigenvalue weighted by Crippen LogP contribution is -2.22. The highest BCUT2D eigenvalue weighted by atomic mass is 32.1. The normalized spacial score (nSPS) is 14.4. The van der Waals surface area contributed by atoms with Gasteiger partial charge in [0.1, 0.15) is 0 Å². The Morgan fingerprint density at radius 3 is 2.56 bits per heavy atom. The highest BCUT2D eigenvalue weighted by molar-refractivity contribution is 7.11. The van der Waals surface area contributed by atoms with Crippen LogP contribution in [0.5, 0.6) is 0 Å². The van der Waals surface area contributed by atoms with Gasteiger partial charge in [0.25, 0.3) is 0 Å². The van der Waals surface area contributed by atoms with E-state index >= 15 is 0 Å². The zero-order valence-electron chi connectivity index (χ0n) is 11.3. The second kappa shape index (κ2) is 5.59. The Bertz CT molecular complexity index is 507. The lowest BCUT2D eigenvalue weighted by atomic mass is 9.96. The highest BCUT2D eigenvalue weighted by Gasteiger charge is 2.23. The lowest BCUT2D eigenvalue weighted by molar-refractivity contribution is 0.504. The Hall–Kier alpha value is -1.26. The van der Waals surface area contributed by atoms with Crippen LogP contribution < -0.4 is 5.32 Å². The van der Waals surface area contributed by atoms with E-state index in [1.807, 2.05) is 25.4 Å². The van der Waals surface area contributed by atoms with Crippen molar-refractivity contribution in [3.05, 3.63) is 45.7 Å². The van der Waals surface area contributed by atoms with Gasteiger partial charge in [-0.2, -0.15) is 0 Å². The van der Waals surface area contributed by atoms with Crippen molar-refractivity contribution >= 4 is 11.3 Å². The number of rotatable bonds is 4. The van der Waals surface area contributed by atoms with Gasteiger partial charge in [0.05, 0.1) is 16.7 Å². The van der Waals surface area contributed by atoms with Crippen molar-refractivity contribution in [1.82, 2.24) is 15.3 Å². The summed E-state index contributed by atoms with van der Waals surface area (Å²) in [5.74, 6) is 0.328. The van der Waals surface area contributed by atoms with Crippen molar-refractivity contribution in [2.24, 2.45) is 0 Å². The molecule has 0 aliphatic carbocycles. The third-order valence-electron chi connectivity index (χ3n) is 3.19. The lowest BCUT2D eigenvalue weighted by Gasteiger charge is -2.22. The summed E-state index contributed by atoms with van der Waals surface area (Å²) in [4.78, 5) is 10.3. The van der Waals surface area contributed by atoms with Gasteiger partial charge in [0.2, 0.25) is 0 Å². The van der Waals surface area contributed by atoms with Crippen molar-refractivity contribution in [3.63, 3.8) is 0 Å². The molecule has 2 heterocycles. The van der Waals surface area contributed by atoms with Gasteiger partial charge in [-0.25, -0.2) is 4.98 Å². The van der Waals surface area contributed by atoms with E-state index in [0.717, 1.165) is 16.4 Å². The van der Waals surface area contributed by atoms with E-state index in [9.17, 15) is 0 Å². The summed E-state index contributed by atoms with van der Waals surface area (Å²) < 4.78 is 0. The first-order chi connectivity index (χ1) is 8.63. The number of aryl methyl sites for hydroxylation is 2. The van der Waals surface area contributed by atoms with Crippen LogP contribution in [-0.4, -0.2) is 17.0 Å². The van der Waals surface area contributed by atoms with Gasteiger partial charge in [-0.1, -0.05) is 13.0 Å². The number of likely N-dealkylation sites (N-methyl/N-ethyl adjacent to an activating group) is 1. The number of nitrogens with one attached hydrogen (secondary N) is 1. The molecule has 96 valence electrons. The summed E-state index contributed by atoms with van der Waals surface area (Å²) in [7, 11) is 2.00. The molecular weight excluding hydrogens is 242 g/mol. The van der Waals surface area contributed by atoms with Gasteiger partial charge >= 0.3 is 0 Å². The van der Waals surface area contributed by atoms with Crippen LogP contribution in [0, 0.1) is 13.8 Å². The molecule has 18 heavy (non-hydrogen) atoms. The van der Waals surface area contributed by atoms with E-state index in [2.05, 4.69) is 42.1 Å². The fraction of sp³-hybridized carbons (Fsp3) is 0.429. The molecule has 0 aromatic carbocycles. The SMILES string of the molecule is CNC(c1sc(C)nc1C)C(C)c1ccccn1. The van der Waals surface area contributed by atoms with E-state index in [4.69, 9.17) is 0 Å². The number of aromatic nitrogens is 2. The molecule has 0 aliphatic rings. The fourth-order valence-electron chi connectivity index (χ4n) is 2.26. The minimum atomic E-state index is 0.270. The molecule has 2 atom stereocenters. The smallest absolute Gasteiger partial charge is 0.0900 e. The molecule has 0 saturated heterocycles. The third kappa shape index (κ3) is 2.60. The topological polar surface area (TPSA) is 37.8 Å². The Morgan fingerprint density at radius 2 is 2.06 bits per heavy atom. The maximum atomic E-state index is 4.51. The number of pyridine rings is 1. The predicted molar refractivity (Wildman–Crippen MR) is 76.0 cm³/mol.